The van der Waals surface area contributed by atoms with E-state index in [2.05, 4.69) is 5.32 Å². The zero-order valence-electron chi connectivity index (χ0n) is 12.4. The maximum atomic E-state index is 13.9. The second kappa shape index (κ2) is 6.23. The SMILES string of the molecule is CN(C1CCNCC1)S(=O)(=O)c1ccc(S(C)(=O)=O)c(F)c1. The maximum absolute atomic E-state index is 13.9. The Morgan fingerprint density at radius 3 is 2.27 bits per heavy atom. The summed E-state index contributed by atoms with van der Waals surface area (Å²) in [7, 11) is -6.11. The molecule has 6 nitrogen and oxygen atoms in total. The first kappa shape index (κ1) is 17.3. The predicted octanol–water partition coefficient (Wildman–Crippen LogP) is 0.602. The Hall–Kier alpha value is -1.03. The van der Waals surface area contributed by atoms with Gasteiger partial charge in [-0.1, -0.05) is 0 Å². The van der Waals surface area contributed by atoms with Crippen molar-refractivity contribution in [3.8, 4) is 0 Å². The monoisotopic (exact) mass is 350 g/mol. The van der Waals surface area contributed by atoms with Crippen LogP contribution < -0.4 is 5.32 Å². The average Bonchev–Trinajstić information content (AvgIpc) is 2.46. The van der Waals surface area contributed by atoms with Crippen LogP contribution in [-0.4, -0.2) is 53.6 Å². The smallest absolute Gasteiger partial charge is 0.243 e. The van der Waals surface area contributed by atoms with Crippen LogP contribution in [0.1, 0.15) is 12.8 Å². The van der Waals surface area contributed by atoms with Gasteiger partial charge < -0.3 is 5.32 Å². The van der Waals surface area contributed by atoms with Gasteiger partial charge in [-0.15, -0.1) is 0 Å². The van der Waals surface area contributed by atoms with E-state index in [0.717, 1.165) is 37.5 Å². The molecule has 0 amide bonds. The molecule has 22 heavy (non-hydrogen) atoms. The largest absolute Gasteiger partial charge is 0.317 e. The fourth-order valence-electron chi connectivity index (χ4n) is 2.48. The quantitative estimate of drug-likeness (QED) is 0.860. The molecule has 1 saturated heterocycles. The molecule has 0 atom stereocenters. The van der Waals surface area contributed by atoms with Crippen molar-refractivity contribution in [2.45, 2.75) is 28.7 Å². The molecular weight excluding hydrogens is 331 g/mol. The van der Waals surface area contributed by atoms with E-state index < -0.39 is 30.6 Å². The lowest BCUT2D eigenvalue weighted by molar-refractivity contribution is 0.296. The van der Waals surface area contributed by atoms with Crippen molar-refractivity contribution in [3.05, 3.63) is 24.0 Å². The number of nitrogens with one attached hydrogen (secondary N) is 1. The number of piperidine rings is 1. The summed E-state index contributed by atoms with van der Waals surface area (Å²) in [5.74, 6) is -1.05. The first-order valence-electron chi connectivity index (χ1n) is 6.82. The minimum atomic E-state index is -3.85. The maximum Gasteiger partial charge on any atom is 0.243 e. The predicted molar refractivity (Wildman–Crippen MR) is 80.4 cm³/mol. The number of hydrogen-bond acceptors (Lipinski definition) is 5. The van der Waals surface area contributed by atoms with Gasteiger partial charge in [-0.25, -0.2) is 21.2 Å². The number of benzene rings is 1. The molecule has 0 radical (unpaired) electrons. The molecule has 0 bridgehead atoms. The first-order valence-corrected chi connectivity index (χ1v) is 10.2. The highest BCUT2D eigenvalue weighted by molar-refractivity contribution is 7.90. The van der Waals surface area contributed by atoms with Crippen molar-refractivity contribution < 1.29 is 21.2 Å². The van der Waals surface area contributed by atoms with Crippen LogP contribution in [0.5, 0.6) is 0 Å². The molecule has 1 aromatic rings. The van der Waals surface area contributed by atoms with E-state index in [1.165, 1.54) is 11.4 Å². The van der Waals surface area contributed by atoms with Crippen LogP contribution in [0.4, 0.5) is 4.39 Å². The van der Waals surface area contributed by atoms with Crippen LogP contribution in [0.25, 0.3) is 0 Å². The van der Waals surface area contributed by atoms with E-state index in [1.54, 1.807) is 0 Å². The summed E-state index contributed by atoms with van der Waals surface area (Å²) in [5, 5.41) is 3.15. The molecule has 0 unspecified atom stereocenters. The zero-order chi connectivity index (χ0) is 16.5. The van der Waals surface area contributed by atoms with Crippen LogP contribution in [0.2, 0.25) is 0 Å². The van der Waals surface area contributed by atoms with E-state index >= 15 is 0 Å². The topological polar surface area (TPSA) is 83.6 Å². The molecule has 1 aliphatic rings. The third-order valence-electron chi connectivity index (χ3n) is 3.80. The number of hydrogen-bond donors (Lipinski definition) is 1. The molecule has 1 aromatic carbocycles. The number of nitrogens with zero attached hydrogens (tertiary/aromatic N) is 1. The Balaban J connectivity index is 2.35. The van der Waals surface area contributed by atoms with E-state index in [4.69, 9.17) is 0 Å². The number of sulfone groups is 1. The summed E-state index contributed by atoms with van der Waals surface area (Å²) in [6, 6.07) is 2.74. The van der Waals surface area contributed by atoms with Gasteiger partial charge in [0.2, 0.25) is 10.0 Å². The van der Waals surface area contributed by atoms with E-state index in [-0.39, 0.29) is 10.9 Å². The Kier molecular flexibility index (Phi) is 4.90. The van der Waals surface area contributed by atoms with Gasteiger partial charge >= 0.3 is 0 Å². The lowest BCUT2D eigenvalue weighted by atomic mass is 10.1. The number of halogens is 1. The Labute approximate surface area is 130 Å². The van der Waals surface area contributed by atoms with E-state index in [0.29, 0.717) is 12.8 Å². The minimum Gasteiger partial charge on any atom is -0.317 e. The van der Waals surface area contributed by atoms with Crippen LogP contribution in [0, 0.1) is 5.82 Å². The molecule has 1 aliphatic heterocycles. The van der Waals surface area contributed by atoms with Crippen molar-refractivity contribution in [1.29, 1.82) is 0 Å². The fourth-order valence-corrected chi connectivity index (χ4v) is 4.63. The highest BCUT2D eigenvalue weighted by atomic mass is 32.2. The Bertz CT molecular complexity index is 756. The summed E-state index contributed by atoms with van der Waals surface area (Å²) < 4.78 is 63.0. The van der Waals surface area contributed by atoms with Crippen LogP contribution >= 0.6 is 0 Å². The number of rotatable bonds is 4. The molecule has 0 aliphatic carbocycles. The lowest BCUT2D eigenvalue weighted by Gasteiger charge is -2.30. The summed E-state index contributed by atoms with van der Waals surface area (Å²) in [6.45, 7) is 1.46. The molecular formula is C13H19FN2O4S2. The second-order valence-corrected chi connectivity index (χ2v) is 9.35. The van der Waals surface area contributed by atoms with E-state index in [1.807, 2.05) is 0 Å². The third kappa shape index (κ3) is 3.48. The minimum absolute atomic E-state index is 0.149. The average molecular weight is 350 g/mol. The van der Waals surface area contributed by atoms with Crippen LogP contribution in [0.15, 0.2) is 28.0 Å². The standard InChI is InChI=1S/C13H19FN2O4S2/c1-16(10-5-7-15-8-6-10)22(19,20)11-3-4-13(12(14)9-11)21(2,17)18/h3-4,9-10,15H,5-8H2,1-2H3. The number of sulfonamides is 1. The Morgan fingerprint density at radius 1 is 1.18 bits per heavy atom. The molecule has 0 saturated carbocycles. The summed E-state index contributed by atoms with van der Waals surface area (Å²) in [6.07, 6.45) is 2.24. The molecule has 0 spiro atoms. The van der Waals surface area contributed by atoms with Crippen molar-refractivity contribution in [2.75, 3.05) is 26.4 Å². The lowest BCUT2D eigenvalue weighted by Crippen LogP contribution is -2.43. The summed E-state index contributed by atoms with van der Waals surface area (Å²) in [4.78, 5) is -0.741. The molecule has 9 heteroatoms. The van der Waals surface area contributed by atoms with Gasteiger partial charge in [-0.3, -0.25) is 0 Å². The van der Waals surface area contributed by atoms with E-state index in [9.17, 15) is 21.2 Å². The van der Waals surface area contributed by atoms with Gasteiger partial charge in [0.1, 0.15) is 10.7 Å². The first-order chi connectivity index (χ1) is 10.1. The van der Waals surface area contributed by atoms with Gasteiger partial charge in [0, 0.05) is 19.3 Å². The van der Waals surface area contributed by atoms with Crippen molar-refractivity contribution in [1.82, 2.24) is 9.62 Å². The van der Waals surface area contributed by atoms with Gasteiger partial charge in [0.15, 0.2) is 9.84 Å². The normalized spacial score (nSPS) is 17.8. The van der Waals surface area contributed by atoms with Gasteiger partial charge in [0.05, 0.1) is 4.90 Å². The summed E-state index contributed by atoms with van der Waals surface area (Å²) >= 11 is 0. The van der Waals surface area contributed by atoms with Crippen molar-refractivity contribution in [2.24, 2.45) is 0 Å². The van der Waals surface area contributed by atoms with Crippen molar-refractivity contribution >= 4 is 19.9 Å². The molecule has 1 heterocycles. The highest BCUT2D eigenvalue weighted by Gasteiger charge is 2.30. The molecule has 124 valence electrons. The fraction of sp³-hybridized carbons (Fsp3) is 0.538. The van der Waals surface area contributed by atoms with Crippen LogP contribution in [0.3, 0.4) is 0 Å². The van der Waals surface area contributed by atoms with Crippen molar-refractivity contribution in [3.63, 3.8) is 0 Å². The zero-order valence-corrected chi connectivity index (χ0v) is 14.0. The van der Waals surface area contributed by atoms with Gasteiger partial charge in [-0.05, 0) is 44.1 Å². The second-order valence-electron chi connectivity index (χ2n) is 5.37. The third-order valence-corrected chi connectivity index (χ3v) is 6.84. The summed E-state index contributed by atoms with van der Waals surface area (Å²) in [5.41, 5.74) is 0. The molecule has 2 rings (SSSR count). The Morgan fingerprint density at radius 2 is 1.77 bits per heavy atom. The molecule has 0 aromatic heterocycles. The molecule has 1 N–H and O–H groups in total. The van der Waals surface area contributed by atoms with Crippen LogP contribution in [-0.2, 0) is 19.9 Å². The van der Waals surface area contributed by atoms with Gasteiger partial charge in [-0.2, -0.15) is 4.31 Å². The van der Waals surface area contributed by atoms with Gasteiger partial charge in [0.25, 0.3) is 0 Å². The molecule has 1 fully saturated rings. The highest BCUT2D eigenvalue weighted by Crippen LogP contribution is 2.24.